The van der Waals surface area contributed by atoms with Crippen LogP contribution in [0.25, 0.3) is 23.5 Å². The van der Waals surface area contributed by atoms with Crippen LogP contribution < -0.4 is 21.2 Å². The second kappa shape index (κ2) is 14.2. The lowest BCUT2D eigenvalue weighted by Gasteiger charge is -2.02. The molecule has 0 aromatic carbocycles. The predicted octanol–water partition coefficient (Wildman–Crippen LogP) is 5.12. The van der Waals surface area contributed by atoms with E-state index >= 15 is 0 Å². The first-order valence-electron chi connectivity index (χ1n) is 12.8. The number of aromatic amines is 3. The number of ether oxygens (including phenoxy) is 1. The molecule has 0 aliphatic heterocycles. The summed E-state index contributed by atoms with van der Waals surface area (Å²) in [5, 5.41) is 2.22. The maximum absolute atomic E-state index is 10.7. The zero-order chi connectivity index (χ0) is 24.0. The molecule has 0 spiro atoms. The number of nitrogens with one attached hydrogen (secondary N) is 3. The van der Waals surface area contributed by atoms with Crippen LogP contribution in [0.1, 0.15) is 83.2 Å². The van der Waals surface area contributed by atoms with E-state index in [0.29, 0.717) is 13.0 Å². The standard InChI is InChI=1S/C28H40N4O2/c1-2-19-34-27-21-25(24-14-12-18-30-24)32-26(27)20-23-17-16-22(31-23)13-10-8-6-4-3-5-7-9-11-15-28(29)33/h12-14,16-18,20-21,30-32H,2-11,15,19H2,1H3,(H2,29,33). The van der Waals surface area contributed by atoms with Gasteiger partial charge in [0.2, 0.25) is 5.91 Å². The molecular formula is C28H40N4O2. The van der Waals surface area contributed by atoms with Crippen molar-refractivity contribution in [2.45, 2.75) is 77.6 Å². The number of nitrogens with two attached hydrogens (primary N) is 1. The summed E-state index contributed by atoms with van der Waals surface area (Å²) in [5.74, 6) is 0.694. The van der Waals surface area contributed by atoms with Gasteiger partial charge in [-0.1, -0.05) is 51.5 Å². The molecule has 0 radical (unpaired) electrons. The third kappa shape index (κ3) is 8.65. The molecule has 0 atom stereocenters. The number of rotatable bonds is 16. The number of H-pyrrole nitrogens is 3. The Morgan fingerprint density at radius 2 is 1.68 bits per heavy atom. The van der Waals surface area contributed by atoms with E-state index in [1.54, 1.807) is 0 Å². The number of primary amides is 1. The van der Waals surface area contributed by atoms with Crippen molar-refractivity contribution in [1.29, 1.82) is 0 Å². The molecule has 5 N–H and O–H groups in total. The van der Waals surface area contributed by atoms with E-state index in [2.05, 4.69) is 52.2 Å². The Bertz CT molecular complexity index is 1090. The Hall–Kier alpha value is -3.15. The van der Waals surface area contributed by atoms with E-state index in [0.717, 1.165) is 59.2 Å². The third-order valence-corrected chi connectivity index (χ3v) is 5.93. The smallest absolute Gasteiger partial charge is 0.217 e. The fraction of sp³-hybridized carbons (Fsp3) is 0.464. The highest BCUT2D eigenvalue weighted by Crippen LogP contribution is 2.27. The summed E-state index contributed by atoms with van der Waals surface area (Å²) in [6.45, 7) is 2.81. The summed E-state index contributed by atoms with van der Waals surface area (Å²) in [6, 6.07) is 10.4. The molecular weight excluding hydrogens is 424 g/mol. The van der Waals surface area contributed by atoms with E-state index in [1.165, 1.54) is 38.5 Å². The normalized spacial score (nSPS) is 12.5. The minimum absolute atomic E-state index is 0.181. The molecule has 0 unspecified atom stereocenters. The highest BCUT2D eigenvalue weighted by Gasteiger charge is 2.09. The van der Waals surface area contributed by atoms with Gasteiger partial charge >= 0.3 is 0 Å². The number of carbonyl (C=O) groups excluding carboxylic acids is 1. The van der Waals surface area contributed by atoms with Crippen molar-refractivity contribution >= 4 is 18.1 Å². The van der Waals surface area contributed by atoms with Crippen molar-refractivity contribution in [3.8, 4) is 17.1 Å². The van der Waals surface area contributed by atoms with Crippen LogP contribution in [0.15, 0.2) is 36.5 Å². The lowest BCUT2D eigenvalue weighted by atomic mass is 10.1. The van der Waals surface area contributed by atoms with Crippen LogP contribution in [0.2, 0.25) is 0 Å². The van der Waals surface area contributed by atoms with Gasteiger partial charge in [-0.15, -0.1) is 0 Å². The lowest BCUT2D eigenvalue weighted by Crippen LogP contribution is -2.09. The number of hydrogen-bond acceptors (Lipinski definition) is 2. The molecule has 1 amide bonds. The van der Waals surface area contributed by atoms with Crippen molar-refractivity contribution in [2.24, 2.45) is 5.73 Å². The van der Waals surface area contributed by atoms with Gasteiger partial charge in [-0.2, -0.15) is 0 Å². The van der Waals surface area contributed by atoms with Gasteiger partial charge < -0.3 is 25.4 Å². The van der Waals surface area contributed by atoms with E-state index in [4.69, 9.17) is 10.5 Å². The Morgan fingerprint density at radius 3 is 2.38 bits per heavy atom. The van der Waals surface area contributed by atoms with Gasteiger partial charge in [-0.05, 0) is 56.0 Å². The van der Waals surface area contributed by atoms with E-state index in [1.807, 2.05) is 18.3 Å². The van der Waals surface area contributed by atoms with Crippen molar-refractivity contribution in [3.63, 3.8) is 0 Å². The predicted molar refractivity (Wildman–Crippen MR) is 140 cm³/mol. The second-order valence-electron chi connectivity index (χ2n) is 8.94. The first kappa shape index (κ1) is 25.5. The maximum atomic E-state index is 10.7. The molecule has 0 saturated carbocycles. The Morgan fingerprint density at radius 1 is 0.941 bits per heavy atom. The molecule has 0 bridgehead atoms. The minimum Gasteiger partial charge on any atom is -0.491 e. The minimum atomic E-state index is -0.181. The zero-order valence-corrected chi connectivity index (χ0v) is 20.5. The van der Waals surface area contributed by atoms with Gasteiger partial charge in [0.25, 0.3) is 0 Å². The van der Waals surface area contributed by atoms with Crippen LogP contribution in [-0.4, -0.2) is 27.5 Å². The van der Waals surface area contributed by atoms with Crippen molar-refractivity contribution in [3.05, 3.63) is 52.9 Å². The number of aromatic nitrogens is 3. The largest absolute Gasteiger partial charge is 0.491 e. The molecule has 3 aromatic rings. The highest BCUT2D eigenvalue weighted by atomic mass is 16.5. The SMILES string of the molecule is CCCOc1cc(-c2ccc[nH]2)[nH]c1C=c1ccc(=CCCCCCCCCCCC(N)=O)[nH]1. The fourth-order valence-corrected chi connectivity index (χ4v) is 4.08. The van der Waals surface area contributed by atoms with E-state index in [9.17, 15) is 4.79 Å². The molecule has 3 rings (SSSR count). The van der Waals surface area contributed by atoms with Crippen LogP contribution in [0.3, 0.4) is 0 Å². The average molecular weight is 465 g/mol. The van der Waals surface area contributed by atoms with Crippen LogP contribution in [-0.2, 0) is 4.79 Å². The number of hydrogen-bond donors (Lipinski definition) is 4. The summed E-state index contributed by atoms with van der Waals surface area (Å²) in [7, 11) is 0. The van der Waals surface area contributed by atoms with Gasteiger partial charge in [-0.25, -0.2) is 0 Å². The number of amides is 1. The van der Waals surface area contributed by atoms with Crippen LogP contribution in [0.4, 0.5) is 0 Å². The quantitative estimate of drug-likeness (QED) is 0.221. The van der Waals surface area contributed by atoms with Crippen molar-refractivity contribution in [1.82, 2.24) is 15.0 Å². The topological polar surface area (TPSA) is 99.7 Å². The van der Waals surface area contributed by atoms with Gasteiger partial charge in [0.05, 0.1) is 23.7 Å². The molecule has 3 heterocycles. The van der Waals surface area contributed by atoms with Crippen LogP contribution >= 0.6 is 0 Å². The number of carbonyl (C=O) groups is 1. The second-order valence-corrected chi connectivity index (χ2v) is 8.94. The molecule has 0 aliphatic rings. The Labute approximate surface area is 202 Å². The average Bonchev–Trinajstić information content (AvgIpc) is 3.58. The van der Waals surface area contributed by atoms with Gasteiger partial charge in [0, 0.05) is 29.4 Å². The van der Waals surface area contributed by atoms with Crippen molar-refractivity contribution < 1.29 is 9.53 Å². The Kier molecular flexibility index (Phi) is 10.6. The summed E-state index contributed by atoms with van der Waals surface area (Å²) in [4.78, 5) is 20.9. The Balaban J connectivity index is 1.46. The van der Waals surface area contributed by atoms with Gasteiger partial charge in [0.15, 0.2) is 0 Å². The van der Waals surface area contributed by atoms with Crippen molar-refractivity contribution in [2.75, 3.05) is 6.61 Å². The molecule has 34 heavy (non-hydrogen) atoms. The summed E-state index contributed by atoms with van der Waals surface area (Å²) >= 11 is 0. The summed E-state index contributed by atoms with van der Waals surface area (Å²) in [5.41, 5.74) is 8.20. The molecule has 6 heteroatoms. The molecule has 6 nitrogen and oxygen atoms in total. The zero-order valence-electron chi connectivity index (χ0n) is 20.5. The first-order valence-corrected chi connectivity index (χ1v) is 12.8. The monoisotopic (exact) mass is 464 g/mol. The summed E-state index contributed by atoms with van der Waals surface area (Å²) in [6.07, 6.45) is 18.5. The molecule has 184 valence electrons. The first-order chi connectivity index (χ1) is 16.7. The lowest BCUT2D eigenvalue weighted by molar-refractivity contribution is -0.118. The van der Waals surface area contributed by atoms with Crippen LogP contribution in [0, 0.1) is 0 Å². The van der Waals surface area contributed by atoms with E-state index in [-0.39, 0.29) is 5.91 Å². The van der Waals surface area contributed by atoms with E-state index < -0.39 is 0 Å². The summed E-state index contributed by atoms with van der Waals surface area (Å²) < 4.78 is 5.98. The third-order valence-electron chi connectivity index (χ3n) is 5.93. The van der Waals surface area contributed by atoms with Crippen LogP contribution in [0.5, 0.6) is 5.75 Å². The fourth-order valence-electron chi connectivity index (χ4n) is 4.08. The highest BCUT2D eigenvalue weighted by molar-refractivity contribution is 5.73. The molecule has 0 aliphatic carbocycles. The van der Waals surface area contributed by atoms with Gasteiger partial charge in [-0.3, -0.25) is 4.79 Å². The maximum Gasteiger partial charge on any atom is 0.217 e. The molecule has 0 fully saturated rings. The molecule has 3 aromatic heterocycles. The molecule has 0 saturated heterocycles. The van der Waals surface area contributed by atoms with Gasteiger partial charge in [0.1, 0.15) is 5.75 Å². The number of unbranched alkanes of at least 4 members (excludes halogenated alkanes) is 8.